The van der Waals surface area contributed by atoms with E-state index in [-0.39, 0.29) is 11.5 Å². The summed E-state index contributed by atoms with van der Waals surface area (Å²) >= 11 is 0. The number of carbonyl (C=O) groups excluding carboxylic acids is 1. The van der Waals surface area contributed by atoms with Crippen LogP contribution in [0.3, 0.4) is 0 Å². The molecule has 0 radical (unpaired) electrons. The number of aromatic hydroxyl groups is 1. The molecular weight excluding hydrogens is 202 g/mol. The number of ketones is 1. The molecular formula is C13H13NO2. The predicted octanol–water partition coefficient (Wildman–Crippen LogP) is 2.25. The molecule has 1 aliphatic rings. The highest BCUT2D eigenvalue weighted by Crippen LogP contribution is 2.12. The highest BCUT2D eigenvalue weighted by atomic mass is 16.3. The number of rotatable bonds is 4. The standard InChI is InChI=1S/C13H13NO2/c15-12-5-3-10(4-6-12)8-13(16)9-11-2-1-7-14-11/h1,3-7,15H,2,8-9H2. The van der Waals surface area contributed by atoms with Gasteiger partial charge in [-0.05, 0) is 17.7 Å². The molecule has 1 aromatic rings. The van der Waals surface area contributed by atoms with Gasteiger partial charge in [0.1, 0.15) is 11.5 Å². The number of hydrogen-bond donors (Lipinski definition) is 1. The Balaban J connectivity index is 1.89. The maximum atomic E-state index is 11.7. The van der Waals surface area contributed by atoms with Gasteiger partial charge in [-0.3, -0.25) is 9.79 Å². The Hall–Kier alpha value is -1.90. The number of nitrogens with zero attached hydrogens (tertiary/aromatic N) is 1. The summed E-state index contributed by atoms with van der Waals surface area (Å²) in [6.07, 6.45) is 5.31. The fourth-order valence-electron chi connectivity index (χ4n) is 1.65. The van der Waals surface area contributed by atoms with Crippen LogP contribution in [0.5, 0.6) is 5.75 Å². The molecule has 0 atom stereocenters. The van der Waals surface area contributed by atoms with E-state index in [9.17, 15) is 4.79 Å². The van der Waals surface area contributed by atoms with Gasteiger partial charge >= 0.3 is 0 Å². The monoisotopic (exact) mass is 215 g/mol. The van der Waals surface area contributed by atoms with E-state index >= 15 is 0 Å². The van der Waals surface area contributed by atoms with Gasteiger partial charge in [0.2, 0.25) is 0 Å². The molecule has 0 saturated carbocycles. The highest BCUT2D eigenvalue weighted by molar-refractivity contribution is 6.04. The van der Waals surface area contributed by atoms with Crippen LogP contribution in [0.25, 0.3) is 0 Å². The first-order valence-electron chi connectivity index (χ1n) is 5.24. The molecule has 0 bridgehead atoms. The number of aliphatic imine (C=N–C) groups is 1. The molecule has 0 saturated heterocycles. The van der Waals surface area contributed by atoms with Crippen LogP contribution >= 0.6 is 0 Å². The zero-order valence-electron chi connectivity index (χ0n) is 8.89. The van der Waals surface area contributed by atoms with E-state index in [2.05, 4.69) is 4.99 Å². The van der Waals surface area contributed by atoms with E-state index in [1.54, 1.807) is 30.5 Å². The molecule has 0 fully saturated rings. The van der Waals surface area contributed by atoms with Crippen LogP contribution in [0, 0.1) is 0 Å². The molecule has 0 spiro atoms. The SMILES string of the molecule is O=C(CC1=NC=CC1)Cc1ccc(O)cc1. The second-order valence-corrected chi connectivity index (χ2v) is 3.84. The molecule has 1 heterocycles. The van der Waals surface area contributed by atoms with Gasteiger partial charge < -0.3 is 5.11 Å². The lowest BCUT2D eigenvalue weighted by Crippen LogP contribution is -2.08. The molecule has 16 heavy (non-hydrogen) atoms. The summed E-state index contributed by atoms with van der Waals surface area (Å²) in [6, 6.07) is 6.72. The van der Waals surface area contributed by atoms with Gasteiger partial charge in [-0.15, -0.1) is 0 Å². The summed E-state index contributed by atoms with van der Waals surface area (Å²) in [7, 11) is 0. The normalized spacial score (nSPS) is 13.9. The number of carbonyl (C=O) groups is 1. The Kier molecular flexibility index (Phi) is 3.15. The number of phenolic OH excluding ortho intramolecular Hbond substituents is 1. The van der Waals surface area contributed by atoms with Gasteiger partial charge in [0.15, 0.2) is 0 Å². The largest absolute Gasteiger partial charge is 0.508 e. The van der Waals surface area contributed by atoms with Crippen LogP contribution in [0.1, 0.15) is 18.4 Å². The van der Waals surface area contributed by atoms with Crippen molar-refractivity contribution < 1.29 is 9.90 Å². The average Bonchev–Trinajstić information content (AvgIpc) is 2.74. The fourth-order valence-corrected chi connectivity index (χ4v) is 1.65. The van der Waals surface area contributed by atoms with Gasteiger partial charge in [-0.25, -0.2) is 0 Å². The van der Waals surface area contributed by atoms with Crippen LogP contribution in [0.15, 0.2) is 41.5 Å². The minimum Gasteiger partial charge on any atom is -0.508 e. The topological polar surface area (TPSA) is 49.7 Å². The van der Waals surface area contributed by atoms with E-state index in [0.717, 1.165) is 17.7 Å². The maximum absolute atomic E-state index is 11.7. The third-order valence-electron chi connectivity index (χ3n) is 2.45. The van der Waals surface area contributed by atoms with Gasteiger partial charge in [0, 0.05) is 31.2 Å². The van der Waals surface area contributed by atoms with Gasteiger partial charge in [-0.1, -0.05) is 18.2 Å². The van der Waals surface area contributed by atoms with Crippen molar-refractivity contribution in [3.05, 3.63) is 42.1 Å². The molecule has 0 unspecified atom stereocenters. The van der Waals surface area contributed by atoms with Crippen molar-refractivity contribution in [3.63, 3.8) is 0 Å². The van der Waals surface area contributed by atoms with E-state index in [4.69, 9.17) is 5.11 Å². The third kappa shape index (κ3) is 2.79. The predicted molar refractivity (Wildman–Crippen MR) is 62.6 cm³/mol. The van der Waals surface area contributed by atoms with Crippen molar-refractivity contribution in [2.75, 3.05) is 0 Å². The molecule has 2 rings (SSSR count). The second-order valence-electron chi connectivity index (χ2n) is 3.84. The molecule has 0 aliphatic carbocycles. The zero-order valence-corrected chi connectivity index (χ0v) is 8.89. The van der Waals surface area contributed by atoms with Gasteiger partial charge in [0.25, 0.3) is 0 Å². The number of allylic oxidation sites excluding steroid dienone is 1. The smallest absolute Gasteiger partial charge is 0.142 e. The summed E-state index contributed by atoms with van der Waals surface area (Å²) in [5.74, 6) is 0.383. The van der Waals surface area contributed by atoms with Crippen molar-refractivity contribution in [2.45, 2.75) is 19.3 Å². The molecule has 1 aromatic carbocycles. The number of benzene rings is 1. The Bertz CT molecular complexity index is 444. The lowest BCUT2D eigenvalue weighted by molar-refractivity contribution is -0.117. The highest BCUT2D eigenvalue weighted by Gasteiger charge is 2.09. The summed E-state index contributed by atoms with van der Waals surface area (Å²) in [5, 5.41) is 9.11. The quantitative estimate of drug-likeness (QED) is 0.837. The zero-order chi connectivity index (χ0) is 11.4. The number of hydrogen-bond acceptors (Lipinski definition) is 3. The van der Waals surface area contributed by atoms with E-state index in [1.807, 2.05) is 6.08 Å². The number of Topliss-reactive ketones (excluding diaryl/α,β-unsaturated/α-hetero) is 1. The molecule has 0 aromatic heterocycles. The van der Waals surface area contributed by atoms with Crippen molar-refractivity contribution in [1.82, 2.24) is 0 Å². The van der Waals surface area contributed by atoms with Crippen molar-refractivity contribution in [2.24, 2.45) is 4.99 Å². The molecule has 0 amide bonds. The first-order chi connectivity index (χ1) is 7.74. The Morgan fingerprint density at radius 3 is 2.62 bits per heavy atom. The maximum Gasteiger partial charge on any atom is 0.142 e. The molecule has 1 N–H and O–H groups in total. The first kappa shape index (κ1) is 10.6. The van der Waals surface area contributed by atoms with Crippen LogP contribution in [0.4, 0.5) is 0 Å². The van der Waals surface area contributed by atoms with Crippen LogP contribution in [-0.2, 0) is 11.2 Å². The summed E-state index contributed by atoms with van der Waals surface area (Å²) in [5.41, 5.74) is 1.86. The molecule has 3 heteroatoms. The lowest BCUT2D eigenvalue weighted by Gasteiger charge is -2.01. The number of phenols is 1. The molecule has 82 valence electrons. The van der Waals surface area contributed by atoms with Gasteiger partial charge in [-0.2, -0.15) is 0 Å². The third-order valence-corrected chi connectivity index (χ3v) is 2.45. The lowest BCUT2D eigenvalue weighted by atomic mass is 10.0. The van der Waals surface area contributed by atoms with Crippen LogP contribution < -0.4 is 0 Å². The average molecular weight is 215 g/mol. The van der Waals surface area contributed by atoms with E-state index < -0.39 is 0 Å². The van der Waals surface area contributed by atoms with E-state index in [0.29, 0.717) is 12.8 Å². The Morgan fingerprint density at radius 2 is 2.00 bits per heavy atom. The fraction of sp³-hybridized carbons (Fsp3) is 0.231. The Labute approximate surface area is 94.1 Å². The van der Waals surface area contributed by atoms with Crippen LogP contribution in [-0.4, -0.2) is 16.6 Å². The van der Waals surface area contributed by atoms with Crippen molar-refractivity contribution >= 4 is 11.5 Å². The minimum atomic E-state index is 0.160. The second kappa shape index (κ2) is 4.75. The van der Waals surface area contributed by atoms with Gasteiger partial charge in [0.05, 0.1) is 0 Å². The minimum absolute atomic E-state index is 0.160. The summed E-state index contributed by atoms with van der Waals surface area (Å²) in [6.45, 7) is 0. The summed E-state index contributed by atoms with van der Waals surface area (Å²) < 4.78 is 0. The van der Waals surface area contributed by atoms with Crippen molar-refractivity contribution in [3.8, 4) is 5.75 Å². The Morgan fingerprint density at radius 1 is 1.25 bits per heavy atom. The van der Waals surface area contributed by atoms with Crippen molar-refractivity contribution in [1.29, 1.82) is 0 Å². The van der Waals surface area contributed by atoms with E-state index in [1.165, 1.54) is 0 Å². The van der Waals surface area contributed by atoms with Crippen LogP contribution in [0.2, 0.25) is 0 Å². The summed E-state index contributed by atoms with van der Waals surface area (Å²) in [4.78, 5) is 15.8. The molecule has 1 aliphatic heterocycles. The molecule has 3 nitrogen and oxygen atoms in total. The first-order valence-corrected chi connectivity index (χ1v) is 5.24.